The number of hydrogen-bond donors (Lipinski definition) is 1. The SMILES string of the molecule is CCO[Si](CC)(OCC)C(CC)OCCCN. The van der Waals surface area contributed by atoms with E-state index in [1.54, 1.807) is 0 Å². The maximum atomic E-state index is 5.96. The van der Waals surface area contributed by atoms with Gasteiger partial charge in [0.15, 0.2) is 0 Å². The van der Waals surface area contributed by atoms with Crippen molar-refractivity contribution in [3.8, 4) is 0 Å². The molecule has 1 atom stereocenters. The Bertz CT molecular complexity index is 175. The summed E-state index contributed by atoms with van der Waals surface area (Å²) < 4.78 is 17.9. The number of rotatable bonds is 11. The molecule has 104 valence electrons. The van der Waals surface area contributed by atoms with Crippen LogP contribution in [0.1, 0.15) is 40.5 Å². The third kappa shape index (κ3) is 5.48. The lowest BCUT2D eigenvalue weighted by atomic mass is 10.4. The van der Waals surface area contributed by atoms with E-state index in [9.17, 15) is 0 Å². The van der Waals surface area contributed by atoms with Crippen LogP contribution < -0.4 is 5.73 Å². The predicted octanol–water partition coefficient (Wildman–Crippen LogP) is 2.20. The smallest absolute Gasteiger partial charge is 0.367 e. The standard InChI is InChI=1S/C12H29NO3Si/c1-5-12(14-11-9-10-13)17(8-4,15-6-2)16-7-3/h12H,5-11,13H2,1-4H3. The molecular weight excluding hydrogens is 234 g/mol. The van der Waals surface area contributed by atoms with Gasteiger partial charge in [0.1, 0.15) is 5.73 Å². The normalized spacial score (nSPS) is 13.9. The van der Waals surface area contributed by atoms with Gasteiger partial charge in [0.25, 0.3) is 0 Å². The third-order valence-electron chi connectivity index (χ3n) is 2.80. The second kappa shape index (κ2) is 10.0. The Morgan fingerprint density at radius 1 is 1.06 bits per heavy atom. The molecule has 0 heterocycles. The molecule has 0 aromatic rings. The van der Waals surface area contributed by atoms with Crippen LogP contribution in [0.25, 0.3) is 0 Å². The molecule has 1 unspecified atom stereocenters. The Labute approximate surface area is 107 Å². The van der Waals surface area contributed by atoms with Gasteiger partial charge in [0, 0.05) is 19.8 Å². The molecule has 2 N–H and O–H groups in total. The van der Waals surface area contributed by atoms with Crippen molar-refractivity contribution in [1.82, 2.24) is 0 Å². The summed E-state index contributed by atoms with van der Waals surface area (Å²) in [5, 5.41) is 0. The second-order valence-electron chi connectivity index (χ2n) is 3.94. The van der Waals surface area contributed by atoms with Crippen molar-refractivity contribution in [1.29, 1.82) is 0 Å². The van der Waals surface area contributed by atoms with E-state index in [1.165, 1.54) is 0 Å². The van der Waals surface area contributed by atoms with Crippen molar-refractivity contribution >= 4 is 8.56 Å². The van der Waals surface area contributed by atoms with E-state index in [1.807, 2.05) is 13.8 Å². The van der Waals surface area contributed by atoms with E-state index in [0.717, 1.165) is 18.9 Å². The van der Waals surface area contributed by atoms with Gasteiger partial charge >= 0.3 is 8.56 Å². The van der Waals surface area contributed by atoms with Crippen molar-refractivity contribution in [3.05, 3.63) is 0 Å². The van der Waals surface area contributed by atoms with Crippen molar-refractivity contribution in [2.75, 3.05) is 26.4 Å². The molecule has 0 amide bonds. The summed E-state index contributed by atoms with van der Waals surface area (Å²) >= 11 is 0. The first kappa shape index (κ1) is 17.1. The van der Waals surface area contributed by atoms with Gasteiger partial charge < -0.3 is 19.3 Å². The summed E-state index contributed by atoms with van der Waals surface area (Å²) in [5.41, 5.74) is 5.59. The first-order chi connectivity index (χ1) is 8.20. The summed E-state index contributed by atoms with van der Waals surface area (Å²) in [7, 11) is -2.21. The van der Waals surface area contributed by atoms with Crippen molar-refractivity contribution in [2.24, 2.45) is 5.73 Å². The molecule has 0 fully saturated rings. The van der Waals surface area contributed by atoms with E-state index in [2.05, 4.69) is 13.8 Å². The zero-order chi connectivity index (χ0) is 13.1. The van der Waals surface area contributed by atoms with Gasteiger partial charge in [-0.2, -0.15) is 0 Å². The van der Waals surface area contributed by atoms with Crippen LogP contribution in [0.15, 0.2) is 0 Å². The lowest BCUT2D eigenvalue weighted by molar-refractivity contribution is 0.0439. The van der Waals surface area contributed by atoms with Gasteiger partial charge in [0.05, 0.1) is 0 Å². The highest BCUT2D eigenvalue weighted by Crippen LogP contribution is 2.23. The molecule has 0 aromatic heterocycles. The van der Waals surface area contributed by atoms with Gasteiger partial charge in [-0.25, -0.2) is 0 Å². The summed E-state index contributed by atoms with van der Waals surface area (Å²) in [4.78, 5) is 0. The summed E-state index contributed by atoms with van der Waals surface area (Å²) in [5.74, 6) is 0. The molecule has 0 aromatic carbocycles. The Hall–Kier alpha value is 0.0569. The monoisotopic (exact) mass is 263 g/mol. The average Bonchev–Trinajstić information content (AvgIpc) is 2.34. The minimum atomic E-state index is -2.21. The lowest BCUT2D eigenvalue weighted by Crippen LogP contribution is -2.54. The largest absolute Gasteiger partial charge is 0.393 e. The van der Waals surface area contributed by atoms with Crippen LogP contribution >= 0.6 is 0 Å². The van der Waals surface area contributed by atoms with E-state index < -0.39 is 8.56 Å². The Morgan fingerprint density at radius 2 is 1.65 bits per heavy atom. The fourth-order valence-corrected chi connectivity index (χ4v) is 5.30. The quantitative estimate of drug-likeness (QED) is 0.459. The van der Waals surface area contributed by atoms with Crippen LogP contribution in [0.4, 0.5) is 0 Å². The number of hydrogen-bond acceptors (Lipinski definition) is 4. The first-order valence-electron chi connectivity index (χ1n) is 6.80. The molecule has 0 radical (unpaired) electrons. The van der Waals surface area contributed by atoms with Crippen LogP contribution in [0, 0.1) is 0 Å². The van der Waals surface area contributed by atoms with Gasteiger partial charge in [-0.05, 0) is 39.3 Å². The van der Waals surface area contributed by atoms with Crippen molar-refractivity contribution in [2.45, 2.75) is 52.3 Å². The highest BCUT2D eigenvalue weighted by molar-refractivity contribution is 6.68. The van der Waals surface area contributed by atoms with Gasteiger partial charge in [-0.15, -0.1) is 0 Å². The van der Waals surface area contributed by atoms with Crippen molar-refractivity contribution in [3.63, 3.8) is 0 Å². The minimum absolute atomic E-state index is 0.110. The van der Waals surface area contributed by atoms with Gasteiger partial charge in [0.2, 0.25) is 0 Å². The molecule has 0 spiro atoms. The zero-order valence-electron chi connectivity index (χ0n) is 11.8. The van der Waals surface area contributed by atoms with Crippen LogP contribution in [0.3, 0.4) is 0 Å². The number of nitrogens with two attached hydrogens (primary N) is 1. The zero-order valence-corrected chi connectivity index (χ0v) is 12.8. The van der Waals surface area contributed by atoms with Crippen LogP contribution in [-0.2, 0) is 13.6 Å². The molecule has 0 saturated carbocycles. The molecule has 0 aliphatic carbocycles. The first-order valence-corrected chi connectivity index (χ1v) is 8.90. The van der Waals surface area contributed by atoms with Crippen LogP contribution in [0.2, 0.25) is 6.04 Å². The molecule has 4 nitrogen and oxygen atoms in total. The lowest BCUT2D eigenvalue weighted by Gasteiger charge is -2.35. The minimum Gasteiger partial charge on any atom is -0.393 e. The predicted molar refractivity (Wildman–Crippen MR) is 73.2 cm³/mol. The van der Waals surface area contributed by atoms with Crippen molar-refractivity contribution < 1.29 is 13.6 Å². The molecule has 0 aliphatic heterocycles. The van der Waals surface area contributed by atoms with E-state index in [4.69, 9.17) is 19.3 Å². The Kier molecular flexibility index (Phi) is 10.1. The molecule has 0 aliphatic rings. The molecule has 17 heavy (non-hydrogen) atoms. The molecule has 0 saturated heterocycles. The van der Waals surface area contributed by atoms with E-state index >= 15 is 0 Å². The fraction of sp³-hybridized carbons (Fsp3) is 1.00. The van der Waals surface area contributed by atoms with Crippen LogP contribution in [0.5, 0.6) is 0 Å². The molecular formula is C12H29NO3Si. The van der Waals surface area contributed by atoms with E-state index in [-0.39, 0.29) is 5.73 Å². The third-order valence-corrected chi connectivity index (χ3v) is 6.90. The molecule has 0 bridgehead atoms. The summed E-state index contributed by atoms with van der Waals surface area (Å²) in [6.07, 6.45) is 1.83. The highest BCUT2D eigenvalue weighted by atomic mass is 28.4. The topological polar surface area (TPSA) is 53.7 Å². The van der Waals surface area contributed by atoms with Gasteiger partial charge in [-0.3, -0.25) is 0 Å². The highest BCUT2D eigenvalue weighted by Gasteiger charge is 2.44. The fourth-order valence-electron chi connectivity index (χ4n) is 2.01. The average molecular weight is 263 g/mol. The Morgan fingerprint density at radius 3 is 2.00 bits per heavy atom. The van der Waals surface area contributed by atoms with Gasteiger partial charge in [-0.1, -0.05) is 13.8 Å². The van der Waals surface area contributed by atoms with E-state index in [0.29, 0.717) is 26.4 Å². The summed E-state index contributed by atoms with van der Waals surface area (Å²) in [6.45, 7) is 11.0. The van der Waals surface area contributed by atoms with Crippen LogP contribution in [-0.4, -0.2) is 40.7 Å². The number of ether oxygens (including phenoxy) is 1. The Balaban J connectivity index is 4.56. The summed E-state index contributed by atoms with van der Waals surface area (Å²) in [6, 6.07) is 0.926. The maximum Gasteiger partial charge on any atom is 0.367 e. The molecule has 5 heteroatoms. The second-order valence-corrected chi connectivity index (χ2v) is 7.49. The molecule has 0 rings (SSSR count). The maximum absolute atomic E-state index is 5.96.